The van der Waals surface area contributed by atoms with Crippen LogP contribution in [-0.4, -0.2) is 16.3 Å². The second-order valence-electron chi connectivity index (χ2n) is 4.38. The molecule has 0 aliphatic rings. The van der Waals surface area contributed by atoms with Crippen molar-refractivity contribution < 1.29 is 0 Å². The third kappa shape index (κ3) is 3.43. The minimum atomic E-state index is 0.355. The lowest BCUT2D eigenvalue weighted by molar-refractivity contribution is 0.596. The van der Waals surface area contributed by atoms with E-state index in [0.29, 0.717) is 6.04 Å². The summed E-state index contributed by atoms with van der Waals surface area (Å²) in [5, 5.41) is 7.79. The fourth-order valence-corrected chi connectivity index (χ4v) is 2.15. The Morgan fingerprint density at radius 3 is 2.72 bits per heavy atom. The molecule has 0 bridgehead atoms. The Bertz CT molecular complexity index is 490. The molecule has 4 heteroatoms. The average Bonchev–Trinajstić information content (AvgIpc) is 2.81. The molecule has 1 unspecified atom stereocenters. The second-order valence-corrected chi connectivity index (χ2v) is 5.29. The number of nitrogens with zero attached hydrogens (tertiary/aromatic N) is 2. The maximum Gasteiger partial charge on any atom is 0.0659 e. The quantitative estimate of drug-likeness (QED) is 0.918. The van der Waals surface area contributed by atoms with Crippen LogP contribution in [0, 0.1) is 0 Å². The van der Waals surface area contributed by atoms with Crippen molar-refractivity contribution in [1.29, 1.82) is 0 Å². The summed E-state index contributed by atoms with van der Waals surface area (Å²) in [5.41, 5.74) is 2.48. The van der Waals surface area contributed by atoms with Crippen molar-refractivity contribution in [2.45, 2.75) is 26.4 Å². The molecule has 0 amide bonds. The Labute approximate surface area is 116 Å². The predicted molar refractivity (Wildman–Crippen MR) is 77.6 cm³/mol. The second kappa shape index (κ2) is 6.16. The molecule has 1 aromatic heterocycles. The third-order valence-corrected chi connectivity index (χ3v) is 3.45. The SMILES string of the molecule is CCNC(C)c1cnn(Cc2ccc(Br)cc2)c1. The first-order valence-electron chi connectivity index (χ1n) is 6.19. The summed E-state index contributed by atoms with van der Waals surface area (Å²) in [6, 6.07) is 8.69. The number of hydrogen-bond donors (Lipinski definition) is 1. The lowest BCUT2D eigenvalue weighted by atomic mass is 10.2. The molecule has 18 heavy (non-hydrogen) atoms. The third-order valence-electron chi connectivity index (χ3n) is 2.92. The molecule has 2 rings (SSSR count). The largest absolute Gasteiger partial charge is 0.310 e. The first-order chi connectivity index (χ1) is 8.69. The summed E-state index contributed by atoms with van der Waals surface area (Å²) < 4.78 is 3.08. The van der Waals surface area contributed by atoms with E-state index < -0.39 is 0 Å². The molecule has 96 valence electrons. The van der Waals surface area contributed by atoms with Crippen molar-refractivity contribution in [2.75, 3.05) is 6.54 Å². The van der Waals surface area contributed by atoms with Crippen LogP contribution in [0.15, 0.2) is 41.1 Å². The van der Waals surface area contributed by atoms with Crippen LogP contribution in [0.5, 0.6) is 0 Å². The molecule has 1 atom stereocenters. The minimum Gasteiger partial charge on any atom is -0.310 e. The van der Waals surface area contributed by atoms with Crippen molar-refractivity contribution >= 4 is 15.9 Å². The van der Waals surface area contributed by atoms with Crippen LogP contribution < -0.4 is 5.32 Å². The van der Waals surface area contributed by atoms with Crippen molar-refractivity contribution in [1.82, 2.24) is 15.1 Å². The van der Waals surface area contributed by atoms with Gasteiger partial charge in [-0.05, 0) is 31.2 Å². The van der Waals surface area contributed by atoms with Crippen LogP contribution in [0.2, 0.25) is 0 Å². The van der Waals surface area contributed by atoms with Gasteiger partial charge in [-0.3, -0.25) is 4.68 Å². The fraction of sp³-hybridized carbons (Fsp3) is 0.357. The van der Waals surface area contributed by atoms with Gasteiger partial charge in [0.05, 0.1) is 12.7 Å². The van der Waals surface area contributed by atoms with Gasteiger partial charge in [0, 0.05) is 22.3 Å². The molecule has 0 spiro atoms. The standard InChI is InChI=1S/C14H18BrN3/c1-3-16-11(2)13-8-17-18(10-13)9-12-4-6-14(15)7-5-12/h4-8,10-11,16H,3,9H2,1-2H3. The topological polar surface area (TPSA) is 29.9 Å². The van der Waals surface area contributed by atoms with E-state index in [4.69, 9.17) is 0 Å². The maximum absolute atomic E-state index is 4.40. The summed E-state index contributed by atoms with van der Waals surface area (Å²) in [6.07, 6.45) is 4.04. The monoisotopic (exact) mass is 307 g/mol. The van der Waals surface area contributed by atoms with Gasteiger partial charge in [-0.15, -0.1) is 0 Å². The first-order valence-corrected chi connectivity index (χ1v) is 6.98. The zero-order chi connectivity index (χ0) is 13.0. The minimum absolute atomic E-state index is 0.355. The maximum atomic E-state index is 4.40. The smallest absolute Gasteiger partial charge is 0.0659 e. The highest BCUT2D eigenvalue weighted by Gasteiger charge is 2.06. The lowest BCUT2D eigenvalue weighted by Gasteiger charge is -2.08. The number of benzene rings is 1. The Balaban J connectivity index is 2.04. The van der Waals surface area contributed by atoms with E-state index in [1.54, 1.807) is 0 Å². The summed E-state index contributed by atoms with van der Waals surface area (Å²) >= 11 is 3.44. The Hall–Kier alpha value is -1.13. The van der Waals surface area contributed by atoms with Crippen molar-refractivity contribution in [3.8, 4) is 0 Å². The Morgan fingerprint density at radius 1 is 1.33 bits per heavy atom. The molecule has 0 saturated carbocycles. The molecule has 1 aromatic carbocycles. The van der Waals surface area contributed by atoms with Crippen LogP contribution in [0.3, 0.4) is 0 Å². The molecule has 0 radical (unpaired) electrons. The highest BCUT2D eigenvalue weighted by molar-refractivity contribution is 9.10. The Kier molecular flexibility index (Phi) is 4.55. The molecule has 1 heterocycles. The van der Waals surface area contributed by atoms with Gasteiger partial charge in [-0.2, -0.15) is 5.10 Å². The van der Waals surface area contributed by atoms with Gasteiger partial charge >= 0.3 is 0 Å². The van der Waals surface area contributed by atoms with E-state index in [0.717, 1.165) is 17.6 Å². The van der Waals surface area contributed by atoms with E-state index in [1.807, 2.05) is 10.9 Å². The average molecular weight is 308 g/mol. The van der Waals surface area contributed by atoms with Crippen LogP contribution in [0.1, 0.15) is 31.0 Å². The van der Waals surface area contributed by atoms with Crippen LogP contribution >= 0.6 is 15.9 Å². The number of rotatable bonds is 5. The normalized spacial score (nSPS) is 12.6. The number of nitrogens with one attached hydrogen (secondary N) is 1. The summed E-state index contributed by atoms with van der Waals surface area (Å²) in [4.78, 5) is 0. The van der Waals surface area contributed by atoms with Gasteiger partial charge in [-0.1, -0.05) is 35.0 Å². The molecule has 3 nitrogen and oxygen atoms in total. The van der Waals surface area contributed by atoms with Gasteiger partial charge in [0.2, 0.25) is 0 Å². The molecule has 0 saturated heterocycles. The predicted octanol–water partition coefficient (Wildman–Crippen LogP) is 3.36. The van der Waals surface area contributed by atoms with Gasteiger partial charge in [0.25, 0.3) is 0 Å². The van der Waals surface area contributed by atoms with E-state index in [1.165, 1.54) is 11.1 Å². The summed E-state index contributed by atoms with van der Waals surface area (Å²) in [6.45, 7) is 6.05. The van der Waals surface area contributed by atoms with E-state index in [-0.39, 0.29) is 0 Å². The number of halogens is 1. The van der Waals surface area contributed by atoms with Crippen molar-refractivity contribution in [3.63, 3.8) is 0 Å². The molecular weight excluding hydrogens is 290 g/mol. The zero-order valence-corrected chi connectivity index (χ0v) is 12.3. The highest BCUT2D eigenvalue weighted by Crippen LogP contribution is 2.14. The Morgan fingerprint density at radius 2 is 2.06 bits per heavy atom. The fourth-order valence-electron chi connectivity index (χ4n) is 1.89. The van der Waals surface area contributed by atoms with Crippen molar-refractivity contribution in [2.24, 2.45) is 0 Å². The first kappa shape index (κ1) is 13.3. The molecule has 1 N–H and O–H groups in total. The lowest BCUT2D eigenvalue weighted by Crippen LogP contribution is -2.17. The molecule has 0 fully saturated rings. The van der Waals surface area contributed by atoms with E-state index >= 15 is 0 Å². The molecular formula is C14H18BrN3. The molecule has 0 aliphatic heterocycles. The van der Waals surface area contributed by atoms with Crippen LogP contribution in [0.4, 0.5) is 0 Å². The summed E-state index contributed by atoms with van der Waals surface area (Å²) in [5.74, 6) is 0. The summed E-state index contributed by atoms with van der Waals surface area (Å²) in [7, 11) is 0. The van der Waals surface area contributed by atoms with E-state index in [2.05, 4.69) is 70.7 Å². The van der Waals surface area contributed by atoms with Crippen LogP contribution in [-0.2, 0) is 6.54 Å². The number of aromatic nitrogens is 2. The van der Waals surface area contributed by atoms with Gasteiger partial charge in [-0.25, -0.2) is 0 Å². The molecule has 2 aromatic rings. The highest BCUT2D eigenvalue weighted by atomic mass is 79.9. The van der Waals surface area contributed by atoms with Gasteiger partial charge in [0.1, 0.15) is 0 Å². The van der Waals surface area contributed by atoms with Gasteiger partial charge < -0.3 is 5.32 Å². The van der Waals surface area contributed by atoms with Crippen molar-refractivity contribution in [3.05, 3.63) is 52.3 Å². The molecule has 0 aliphatic carbocycles. The van der Waals surface area contributed by atoms with Crippen LogP contribution in [0.25, 0.3) is 0 Å². The van der Waals surface area contributed by atoms with Gasteiger partial charge in [0.15, 0.2) is 0 Å². The van der Waals surface area contributed by atoms with E-state index in [9.17, 15) is 0 Å². The zero-order valence-electron chi connectivity index (χ0n) is 10.7. The number of hydrogen-bond acceptors (Lipinski definition) is 2.